The highest BCUT2D eigenvalue weighted by atomic mass is 19.1. The summed E-state index contributed by atoms with van der Waals surface area (Å²) in [7, 11) is 0. The summed E-state index contributed by atoms with van der Waals surface area (Å²) in [4.78, 5) is 0. The molecule has 3 unspecified atom stereocenters. The Labute approximate surface area is 102 Å². The SMILES string of the molecule is Fc1cccc(CNCC2CC3C=CC2C3)c1. The number of hydrogen-bond donors (Lipinski definition) is 1. The lowest BCUT2D eigenvalue weighted by atomic mass is 9.93. The van der Waals surface area contributed by atoms with Gasteiger partial charge in [-0.2, -0.15) is 0 Å². The van der Waals surface area contributed by atoms with E-state index in [-0.39, 0.29) is 5.82 Å². The molecule has 1 aromatic rings. The molecule has 1 N–H and O–H groups in total. The molecule has 3 rings (SSSR count). The van der Waals surface area contributed by atoms with Gasteiger partial charge in [-0.25, -0.2) is 4.39 Å². The van der Waals surface area contributed by atoms with Crippen molar-refractivity contribution in [1.82, 2.24) is 5.32 Å². The normalized spacial score (nSPS) is 30.1. The van der Waals surface area contributed by atoms with Gasteiger partial charge in [0.15, 0.2) is 0 Å². The van der Waals surface area contributed by atoms with E-state index in [9.17, 15) is 4.39 Å². The smallest absolute Gasteiger partial charge is 0.123 e. The van der Waals surface area contributed by atoms with E-state index in [1.165, 1.54) is 18.9 Å². The lowest BCUT2D eigenvalue weighted by Crippen LogP contribution is -2.25. The summed E-state index contributed by atoms with van der Waals surface area (Å²) >= 11 is 0. The standard InChI is InChI=1S/C15H18FN/c16-15-3-1-2-12(8-15)9-17-10-14-7-11-4-5-13(14)6-11/h1-5,8,11,13-14,17H,6-7,9-10H2. The average molecular weight is 231 g/mol. The van der Waals surface area contributed by atoms with E-state index in [1.54, 1.807) is 12.1 Å². The van der Waals surface area contributed by atoms with Crippen molar-refractivity contribution in [3.8, 4) is 0 Å². The third-order valence-electron chi connectivity index (χ3n) is 4.04. The highest BCUT2D eigenvalue weighted by molar-refractivity contribution is 5.16. The monoisotopic (exact) mass is 231 g/mol. The number of fused-ring (bicyclic) bond motifs is 2. The third kappa shape index (κ3) is 2.42. The average Bonchev–Trinajstić information content (AvgIpc) is 2.91. The maximum atomic E-state index is 13.0. The van der Waals surface area contributed by atoms with Crippen molar-refractivity contribution in [2.45, 2.75) is 19.4 Å². The summed E-state index contributed by atoms with van der Waals surface area (Å²) in [5, 5.41) is 3.46. The Hall–Kier alpha value is -1.15. The summed E-state index contributed by atoms with van der Waals surface area (Å²) in [5.41, 5.74) is 1.03. The Kier molecular flexibility index (Phi) is 2.98. The highest BCUT2D eigenvalue weighted by Crippen LogP contribution is 2.42. The molecule has 0 spiro atoms. The predicted molar refractivity (Wildman–Crippen MR) is 67.0 cm³/mol. The van der Waals surface area contributed by atoms with E-state index in [2.05, 4.69) is 17.5 Å². The van der Waals surface area contributed by atoms with Gasteiger partial charge in [-0.05, 0) is 54.8 Å². The molecule has 2 bridgehead atoms. The van der Waals surface area contributed by atoms with Gasteiger partial charge in [0.1, 0.15) is 5.82 Å². The fraction of sp³-hybridized carbons (Fsp3) is 0.467. The van der Waals surface area contributed by atoms with E-state index < -0.39 is 0 Å². The second kappa shape index (κ2) is 4.61. The second-order valence-corrected chi connectivity index (χ2v) is 5.30. The molecule has 0 aliphatic heterocycles. The van der Waals surface area contributed by atoms with Crippen LogP contribution in [0.3, 0.4) is 0 Å². The Morgan fingerprint density at radius 1 is 1.24 bits per heavy atom. The fourth-order valence-electron chi connectivity index (χ4n) is 3.18. The highest BCUT2D eigenvalue weighted by Gasteiger charge is 2.34. The Morgan fingerprint density at radius 3 is 2.88 bits per heavy atom. The number of halogens is 1. The maximum Gasteiger partial charge on any atom is 0.123 e. The van der Waals surface area contributed by atoms with Crippen molar-refractivity contribution in [2.75, 3.05) is 6.54 Å². The van der Waals surface area contributed by atoms with Gasteiger partial charge in [0, 0.05) is 6.54 Å². The van der Waals surface area contributed by atoms with Crippen LogP contribution in [0.5, 0.6) is 0 Å². The molecule has 0 heterocycles. The molecule has 0 amide bonds. The van der Waals surface area contributed by atoms with Crippen molar-refractivity contribution in [3.05, 3.63) is 47.8 Å². The first kappa shape index (κ1) is 11.0. The van der Waals surface area contributed by atoms with Gasteiger partial charge in [-0.15, -0.1) is 0 Å². The van der Waals surface area contributed by atoms with Crippen LogP contribution < -0.4 is 5.32 Å². The molecule has 2 aliphatic rings. The van der Waals surface area contributed by atoms with Crippen molar-refractivity contribution in [1.29, 1.82) is 0 Å². The van der Waals surface area contributed by atoms with Crippen molar-refractivity contribution in [2.24, 2.45) is 17.8 Å². The lowest BCUT2D eigenvalue weighted by Gasteiger charge is -2.18. The Balaban J connectivity index is 1.48. The molecular weight excluding hydrogens is 213 g/mol. The summed E-state index contributed by atoms with van der Waals surface area (Å²) < 4.78 is 13.0. The van der Waals surface area contributed by atoms with Gasteiger partial charge in [-0.3, -0.25) is 0 Å². The summed E-state index contributed by atoms with van der Waals surface area (Å²) in [6.45, 7) is 1.83. The summed E-state index contributed by atoms with van der Waals surface area (Å²) in [5.74, 6) is 2.27. The lowest BCUT2D eigenvalue weighted by molar-refractivity contribution is 0.414. The van der Waals surface area contributed by atoms with Gasteiger partial charge in [0.2, 0.25) is 0 Å². The number of benzene rings is 1. The fourth-order valence-corrected chi connectivity index (χ4v) is 3.18. The zero-order valence-electron chi connectivity index (χ0n) is 9.90. The van der Waals surface area contributed by atoms with Crippen molar-refractivity contribution in [3.63, 3.8) is 0 Å². The third-order valence-corrected chi connectivity index (χ3v) is 4.04. The molecule has 1 nitrogen and oxygen atoms in total. The topological polar surface area (TPSA) is 12.0 Å². The van der Waals surface area contributed by atoms with Crippen LogP contribution in [0.15, 0.2) is 36.4 Å². The summed E-state index contributed by atoms with van der Waals surface area (Å²) in [6.07, 6.45) is 7.43. The minimum Gasteiger partial charge on any atom is -0.312 e. The van der Waals surface area contributed by atoms with Crippen LogP contribution in [0, 0.1) is 23.6 Å². The molecule has 2 heteroatoms. The van der Waals surface area contributed by atoms with Crippen LogP contribution in [-0.4, -0.2) is 6.54 Å². The molecule has 2 aliphatic carbocycles. The van der Waals surface area contributed by atoms with Crippen molar-refractivity contribution >= 4 is 0 Å². The number of nitrogens with one attached hydrogen (secondary N) is 1. The van der Waals surface area contributed by atoms with Crippen LogP contribution in [0.1, 0.15) is 18.4 Å². The zero-order valence-corrected chi connectivity index (χ0v) is 9.90. The molecule has 1 saturated carbocycles. The first-order chi connectivity index (χ1) is 8.31. The van der Waals surface area contributed by atoms with Gasteiger partial charge in [0.25, 0.3) is 0 Å². The van der Waals surface area contributed by atoms with Gasteiger partial charge in [0.05, 0.1) is 0 Å². The molecule has 1 fully saturated rings. The van der Waals surface area contributed by atoms with E-state index in [0.29, 0.717) is 0 Å². The Bertz CT molecular complexity index is 427. The second-order valence-electron chi connectivity index (χ2n) is 5.30. The molecule has 3 atom stereocenters. The number of rotatable bonds is 4. The van der Waals surface area contributed by atoms with Crippen LogP contribution in [-0.2, 0) is 6.54 Å². The zero-order chi connectivity index (χ0) is 11.7. The largest absolute Gasteiger partial charge is 0.312 e. The van der Waals surface area contributed by atoms with Gasteiger partial charge < -0.3 is 5.32 Å². The van der Waals surface area contributed by atoms with Gasteiger partial charge >= 0.3 is 0 Å². The minimum absolute atomic E-state index is 0.146. The number of allylic oxidation sites excluding steroid dienone is 2. The van der Waals surface area contributed by atoms with E-state index in [4.69, 9.17) is 0 Å². The van der Waals surface area contributed by atoms with E-state index in [0.717, 1.165) is 36.4 Å². The molecule has 17 heavy (non-hydrogen) atoms. The van der Waals surface area contributed by atoms with Crippen LogP contribution >= 0.6 is 0 Å². The minimum atomic E-state index is -0.146. The maximum absolute atomic E-state index is 13.0. The molecule has 90 valence electrons. The quantitative estimate of drug-likeness (QED) is 0.785. The van der Waals surface area contributed by atoms with E-state index in [1.807, 2.05) is 6.07 Å². The molecule has 1 aromatic carbocycles. The molecular formula is C15H18FN. The molecule has 0 radical (unpaired) electrons. The first-order valence-electron chi connectivity index (χ1n) is 6.45. The van der Waals surface area contributed by atoms with Crippen LogP contribution in [0.25, 0.3) is 0 Å². The Morgan fingerprint density at radius 2 is 2.18 bits per heavy atom. The van der Waals surface area contributed by atoms with E-state index >= 15 is 0 Å². The number of hydrogen-bond acceptors (Lipinski definition) is 1. The van der Waals surface area contributed by atoms with Gasteiger partial charge in [-0.1, -0.05) is 24.3 Å². The van der Waals surface area contributed by atoms with Crippen LogP contribution in [0.2, 0.25) is 0 Å². The first-order valence-corrected chi connectivity index (χ1v) is 6.45. The molecule has 0 aromatic heterocycles. The summed E-state index contributed by atoms with van der Waals surface area (Å²) in [6, 6.07) is 6.83. The molecule has 0 saturated heterocycles. The van der Waals surface area contributed by atoms with Crippen LogP contribution in [0.4, 0.5) is 4.39 Å². The van der Waals surface area contributed by atoms with Crippen molar-refractivity contribution < 1.29 is 4.39 Å². The predicted octanol–water partition coefficient (Wildman–Crippen LogP) is 3.13.